The highest BCUT2D eigenvalue weighted by Crippen LogP contribution is 2.36. The van der Waals surface area contributed by atoms with Crippen LogP contribution in [0.5, 0.6) is 23.0 Å². The summed E-state index contributed by atoms with van der Waals surface area (Å²) in [6.07, 6.45) is 0. The summed E-state index contributed by atoms with van der Waals surface area (Å²) in [7, 11) is 1.46. The van der Waals surface area contributed by atoms with Crippen molar-refractivity contribution in [1.82, 2.24) is 9.78 Å². The number of nitrogens with zero attached hydrogens (tertiary/aromatic N) is 2. The highest BCUT2D eigenvalue weighted by Gasteiger charge is 2.15. The first kappa shape index (κ1) is 16.7. The molecule has 1 aromatic heterocycles. The fraction of sp³-hybridized carbons (Fsp3) is 0.167. The van der Waals surface area contributed by atoms with Gasteiger partial charge in [-0.2, -0.15) is 5.10 Å². The average molecular weight is 342 g/mol. The number of methoxy groups -OCH3 is 1. The lowest BCUT2D eigenvalue weighted by Crippen LogP contribution is -2.05. The molecule has 3 aromatic rings. The number of aromatic hydroxyl groups is 3. The van der Waals surface area contributed by atoms with E-state index in [2.05, 4.69) is 5.10 Å². The van der Waals surface area contributed by atoms with Crippen LogP contribution in [0, 0.1) is 0 Å². The van der Waals surface area contributed by atoms with E-state index in [1.165, 1.54) is 25.3 Å². The van der Waals surface area contributed by atoms with E-state index in [0.717, 1.165) is 5.56 Å². The molecule has 1 heterocycles. The molecule has 0 radical (unpaired) electrons. The first-order chi connectivity index (χ1) is 12.0. The van der Waals surface area contributed by atoms with Gasteiger partial charge in [-0.3, -0.25) is 4.68 Å². The third-order valence-corrected chi connectivity index (χ3v) is 3.82. The van der Waals surface area contributed by atoms with Crippen LogP contribution in [0.2, 0.25) is 0 Å². The van der Waals surface area contributed by atoms with E-state index in [9.17, 15) is 20.4 Å². The molecule has 0 saturated carbocycles. The van der Waals surface area contributed by atoms with Crippen LogP contribution in [-0.2, 0) is 6.54 Å². The lowest BCUT2D eigenvalue weighted by Gasteiger charge is -2.08. The van der Waals surface area contributed by atoms with Crippen LogP contribution in [0.3, 0.4) is 0 Å². The molecule has 3 rings (SSSR count). The predicted molar refractivity (Wildman–Crippen MR) is 91.7 cm³/mol. The predicted octanol–water partition coefficient (Wildman–Crippen LogP) is 2.33. The Bertz CT molecular complexity index is 904. The Kier molecular flexibility index (Phi) is 4.49. The highest BCUT2D eigenvalue weighted by molar-refractivity contribution is 5.74. The molecule has 0 unspecified atom stereocenters. The number of rotatable bonds is 5. The average Bonchev–Trinajstić information content (AvgIpc) is 2.99. The Labute approximate surface area is 144 Å². The summed E-state index contributed by atoms with van der Waals surface area (Å²) < 4.78 is 6.74. The van der Waals surface area contributed by atoms with Gasteiger partial charge in [0.15, 0.2) is 11.5 Å². The molecule has 7 heteroatoms. The Morgan fingerprint density at radius 2 is 1.80 bits per heavy atom. The maximum absolute atomic E-state index is 10.1. The van der Waals surface area contributed by atoms with Crippen molar-refractivity contribution in [2.24, 2.45) is 0 Å². The molecule has 0 aliphatic carbocycles. The largest absolute Gasteiger partial charge is 0.508 e. The van der Waals surface area contributed by atoms with Crippen molar-refractivity contribution in [3.05, 3.63) is 42.5 Å². The molecule has 0 aliphatic rings. The zero-order chi connectivity index (χ0) is 18.0. The van der Waals surface area contributed by atoms with E-state index >= 15 is 0 Å². The summed E-state index contributed by atoms with van der Waals surface area (Å²) in [4.78, 5) is 0. The SMILES string of the molecule is COc1cc(-c2cc(-c3ccc(O)cc3O)nn2CCO)ccc1O. The molecule has 0 amide bonds. The number of aliphatic hydroxyl groups excluding tert-OH is 1. The minimum absolute atomic E-state index is 0.0240. The number of benzene rings is 2. The molecule has 0 fully saturated rings. The van der Waals surface area contributed by atoms with E-state index in [-0.39, 0.29) is 30.4 Å². The van der Waals surface area contributed by atoms with Gasteiger partial charge in [-0.25, -0.2) is 0 Å². The van der Waals surface area contributed by atoms with Crippen molar-refractivity contribution in [2.75, 3.05) is 13.7 Å². The summed E-state index contributed by atoms with van der Waals surface area (Å²) in [6, 6.07) is 10.9. The second kappa shape index (κ2) is 6.74. The summed E-state index contributed by atoms with van der Waals surface area (Å²) in [5.41, 5.74) is 2.38. The summed E-state index contributed by atoms with van der Waals surface area (Å²) >= 11 is 0. The Morgan fingerprint density at radius 3 is 2.48 bits per heavy atom. The molecule has 0 bridgehead atoms. The Morgan fingerprint density at radius 1 is 1.00 bits per heavy atom. The minimum atomic E-state index is -0.106. The van der Waals surface area contributed by atoms with Gasteiger partial charge in [0.1, 0.15) is 11.5 Å². The van der Waals surface area contributed by atoms with Gasteiger partial charge in [0.2, 0.25) is 0 Å². The lowest BCUT2D eigenvalue weighted by molar-refractivity contribution is 0.270. The van der Waals surface area contributed by atoms with Crippen LogP contribution in [0.25, 0.3) is 22.5 Å². The van der Waals surface area contributed by atoms with Crippen molar-refractivity contribution in [2.45, 2.75) is 6.54 Å². The van der Waals surface area contributed by atoms with Crippen molar-refractivity contribution in [1.29, 1.82) is 0 Å². The smallest absolute Gasteiger partial charge is 0.161 e. The molecular formula is C18H18N2O5. The fourth-order valence-electron chi connectivity index (χ4n) is 2.62. The molecule has 25 heavy (non-hydrogen) atoms. The number of ether oxygens (including phenoxy) is 1. The number of aromatic nitrogens is 2. The zero-order valence-electron chi connectivity index (χ0n) is 13.5. The van der Waals surface area contributed by atoms with Gasteiger partial charge in [0.25, 0.3) is 0 Å². The third-order valence-electron chi connectivity index (χ3n) is 3.82. The number of phenolic OH excluding ortho intramolecular Hbond substituents is 3. The van der Waals surface area contributed by atoms with Gasteiger partial charge < -0.3 is 25.2 Å². The van der Waals surface area contributed by atoms with Gasteiger partial charge in [-0.05, 0) is 36.4 Å². The van der Waals surface area contributed by atoms with E-state index < -0.39 is 0 Å². The Hall–Kier alpha value is -3.19. The van der Waals surface area contributed by atoms with E-state index in [0.29, 0.717) is 22.7 Å². The van der Waals surface area contributed by atoms with E-state index in [1.807, 2.05) is 0 Å². The molecule has 0 saturated heterocycles. The van der Waals surface area contributed by atoms with Crippen LogP contribution < -0.4 is 4.74 Å². The normalized spacial score (nSPS) is 10.8. The van der Waals surface area contributed by atoms with Crippen molar-refractivity contribution in [3.8, 4) is 45.5 Å². The molecule has 0 aliphatic heterocycles. The van der Waals surface area contributed by atoms with Crippen LogP contribution in [-0.4, -0.2) is 43.9 Å². The van der Waals surface area contributed by atoms with Gasteiger partial charge in [-0.15, -0.1) is 0 Å². The zero-order valence-corrected chi connectivity index (χ0v) is 13.5. The van der Waals surface area contributed by atoms with Crippen molar-refractivity contribution in [3.63, 3.8) is 0 Å². The Balaban J connectivity index is 2.12. The molecule has 4 N–H and O–H groups in total. The van der Waals surface area contributed by atoms with Crippen molar-refractivity contribution < 1.29 is 25.2 Å². The maximum atomic E-state index is 10.1. The second-order valence-corrected chi connectivity index (χ2v) is 5.45. The van der Waals surface area contributed by atoms with E-state index in [1.54, 1.807) is 28.9 Å². The van der Waals surface area contributed by atoms with Crippen molar-refractivity contribution >= 4 is 0 Å². The topological polar surface area (TPSA) is 108 Å². The van der Waals surface area contributed by atoms with E-state index in [4.69, 9.17) is 4.74 Å². The standard InChI is InChI=1S/C18H18N2O5/c1-25-18-8-11(2-5-16(18)23)15-10-14(19-20(15)6-7-21)13-4-3-12(22)9-17(13)24/h2-5,8-10,21-24H,6-7H2,1H3. The quantitative estimate of drug-likeness (QED) is 0.567. The summed E-state index contributed by atoms with van der Waals surface area (Å²) in [5, 5.41) is 43.0. The summed E-state index contributed by atoms with van der Waals surface area (Å²) in [5.74, 6) is 0.210. The highest BCUT2D eigenvalue weighted by atomic mass is 16.5. The molecule has 130 valence electrons. The lowest BCUT2D eigenvalue weighted by atomic mass is 10.1. The first-order valence-corrected chi connectivity index (χ1v) is 7.62. The third kappa shape index (κ3) is 3.22. The van der Waals surface area contributed by atoms with Gasteiger partial charge >= 0.3 is 0 Å². The number of phenols is 3. The number of hydrogen-bond acceptors (Lipinski definition) is 6. The summed E-state index contributed by atoms with van der Waals surface area (Å²) in [6.45, 7) is 0.155. The monoisotopic (exact) mass is 342 g/mol. The van der Waals surface area contributed by atoms with Crippen LogP contribution in [0.4, 0.5) is 0 Å². The van der Waals surface area contributed by atoms with Crippen LogP contribution in [0.1, 0.15) is 0 Å². The van der Waals surface area contributed by atoms with Gasteiger partial charge in [-0.1, -0.05) is 0 Å². The maximum Gasteiger partial charge on any atom is 0.161 e. The molecule has 0 spiro atoms. The number of aliphatic hydroxyl groups is 1. The minimum Gasteiger partial charge on any atom is -0.508 e. The van der Waals surface area contributed by atoms with Gasteiger partial charge in [0.05, 0.1) is 31.6 Å². The molecule has 0 atom stereocenters. The first-order valence-electron chi connectivity index (χ1n) is 7.62. The fourth-order valence-corrected chi connectivity index (χ4v) is 2.62. The van der Waals surface area contributed by atoms with Gasteiger partial charge in [0, 0.05) is 17.2 Å². The van der Waals surface area contributed by atoms with Crippen LogP contribution >= 0.6 is 0 Å². The van der Waals surface area contributed by atoms with Crippen LogP contribution in [0.15, 0.2) is 42.5 Å². The molecule has 7 nitrogen and oxygen atoms in total. The molecular weight excluding hydrogens is 324 g/mol. The number of hydrogen-bond donors (Lipinski definition) is 4. The molecule has 2 aromatic carbocycles. The second-order valence-electron chi connectivity index (χ2n) is 5.45.